The molecule has 0 radical (unpaired) electrons. The number of halogens is 1. The fraction of sp³-hybridized carbons (Fsp3) is 0.467. The van der Waals surface area contributed by atoms with Gasteiger partial charge >= 0.3 is 0 Å². The molecule has 1 saturated carbocycles. The lowest BCUT2D eigenvalue weighted by Gasteiger charge is -2.27. The van der Waals surface area contributed by atoms with Crippen molar-refractivity contribution in [3.05, 3.63) is 35.4 Å². The van der Waals surface area contributed by atoms with Crippen LogP contribution in [-0.2, 0) is 10.0 Å². The summed E-state index contributed by atoms with van der Waals surface area (Å²) < 4.78 is 27.5. The Labute approximate surface area is 131 Å². The topological polar surface area (TPSA) is 63.4 Å². The maximum atomic E-state index is 13.0. The quantitative estimate of drug-likeness (QED) is 0.666. The van der Waals surface area contributed by atoms with Crippen molar-refractivity contribution in [2.45, 2.75) is 43.5 Å². The van der Waals surface area contributed by atoms with Crippen molar-refractivity contribution in [3.63, 3.8) is 0 Å². The molecule has 0 aromatic heterocycles. The standard InChI is InChI=1S/C15H21ClN2O2S/c1-3-8-18(12-6-4-5-7-12)21(19,20)15-10-14(17)13(16)9-11(15)2/h3,9-10,12H,1,4-8,17H2,2H3. The average molecular weight is 329 g/mol. The molecular weight excluding hydrogens is 308 g/mol. The molecule has 2 rings (SSSR count). The van der Waals surface area contributed by atoms with Gasteiger partial charge in [-0.25, -0.2) is 8.42 Å². The van der Waals surface area contributed by atoms with Crippen molar-refractivity contribution < 1.29 is 8.42 Å². The number of hydrogen-bond donors (Lipinski definition) is 1. The van der Waals surface area contributed by atoms with Gasteiger partial charge in [-0.1, -0.05) is 30.5 Å². The van der Waals surface area contributed by atoms with Gasteiger partial charge in [0.15, 0.2) is 0 Å². The zero-order valence-corrected chi connectivity index (χ0v) is 13.8. The van der Waals surface area contributed by atoms with E-state index in [1.54, 1.807) is 23.4 Å². The highest BCUT2D eigenvalue weighted by Crippen LogP contribution is 2.32. The molecule has 0 heterocycles. The number of aryl methyl sites for hydroxylation is 1. The maximum Gasteiger partial charge on any atom is 0.243 e. The molecule has 1 aromatic carbocycles. The molecular formula is C15H21ClN2O2S. The summed E-state index contributed by atoms with van der Waals surface area (Å²) in [6.07, 6.45) is 5.56. The van der Waals surface area contributed by atoms with Gasteiger partial charge in [0.05, 0.1) is 15.6 Å². The summed E-state index contributed by atoms with van der Waals surface area (Å²) in [5, 5.41) is 0.377. The molecule has 21 heavy (non-hydrogen) atoms. The summed E-state index contributed by atoms with van der Waals surface area (Å²) in [4.78, 5) is 0.234. The zero-order valence-electron chi connectivity index (χ0n) is 12.2. The van der Waals surface area contributed by atoms with Gasteiger partial charge < -0.3 is 5.73 Å². The third-order valence-corrected chi connectivity index (χ3v) is 6.31. The van der Waals surface area contributed by atoms with Crippen LogP contribution >= 0.6 is 11.6 Å². The summed E-state index contributed by atoms with van der Waals surface area (Å²) in [5.74, 6) is 0. The largest absolute Gasteiger partial charge is 0.397 e. The molecule has 2 N–H and O–H groups in total. The van der Waals surface area contributed by atoms with E-state index in [-0.39, 0.29) is 16.6 Å². The van der Waals surface area contributed by atoms with E-state index in [1.165, 1.54) is 6.07 Å². The van der Waals surface area contributed by atoms with E-state index >= 15 is 0 Å². The van der Waals surface area contributed by atoms with E-state index in [0.29, 0.717) is 17.1 Å². The Balaban J connectivity index is 2.47. The molecule has 0 spiro atoms. The van der Waals surface area contributed by atoms with Crippen molar-refractivity contribution in [2.75, 3.05) is 12.3 Å². The SMILES string of the molecule is C=CCN(C1CCCC1)S(=O)(=O)c1cc(N)c(Cl)cc1C. The Hall–Kier alpha value is -1.04. The zero-order chi connectivity index (χ0) is 15.6. The highest BCUT2D eigenvalue weighted by Gasteiger charge is 2.33. The number of rotatable bonds is 5. The molecule has 0 atom stereocenters. The smallest absolute Gasteiger partial charge is 0.243 e. The molecule has 0 bridgehead atoms. The Kier molecular flexibility index (Phi) is 4.96. The minimum Gasteiger partial charge on any atom is -0.397 e. The van der Waals surface area contributed by atoms with E-state index in [1.807, 2.05) is 0 Å². The van der Waals surface area contributed by atoms with Crippen molar-refractivity contribution in [2.24, 2.45) is 0 Å². The minimum absolute atomic E-state index is 0.0457. The average Bonchev–Trinajstić information content (AvgIpc) is 2.93. The van der Waals surface area contributed by atoms with Gasteiger partial charge in [-0.2, -0.15) is 4.31 Å². The Morgan fingerprint density at radius 2 is 2.05 bits per heavy atom. The first-order chi connectivity index (χ1) is 9.87. The van der Waals surface area contributed by atoms with Crippen LogP contribution in [-0.4, -0.2) is 25.3 Å². The Morgan fingerprint density at radius 1 is 1.43 bits per heavy atom. The van der Waals surface area contributed by atoms with E-state index in [0.717, 1.165) is 25.7 Å². The molecule has 1 fully saturated rings. The fourth-order valence-electron chi connectivity index (χ4n) is 2.84. The second-order valence-electron chi connectivity index (χ2n) is 5.44. The van der Waals surface area contributed by atoms with Gasteiger partial charge in [0, 0.05) is 12.6 Å². The van der Waals surface area contributed by atoms with Gasteiger partial charge in [-0.05, 0) is 37.5 Å². The van der Waals surface area contributed by atoms with Gasteiger partial charge in [0.1, 0.15) is 0 Å². The van der Waals surface area contributed by atoms with Crippen molar-refractivity contribution >= 4 is 27.3 Å². The van der Waals surface area contributed by atoms with Crippen LogP contribution in [0.2, 0.25) is 5.02 Å². The van der Waals surface area contributed by atoms with Gasteiger partial charge in [-0.3, -0.25) is 0 Å². The Morgan fingerprint density at radius 3 is 2.62 bits per heavy atom. The molecule has 1 aliphatic carbocycles. The third kappa shape index (κ3) is 3.25. The molecule has 0 unspecified atom stereocenters. The summed E-state index contributed by atoms with van der Waals surface area (Å²) in [6, 6.07) is 3.10. The second-order valence-corrected chi connectivity index (χ2v) is 7.71. The third-order valence-electron chi connectivity index (χ3n) is 3.92. The predicted octanol–water partition coefficient (Wildman–Crippen LogP) is 3.35. The van der Waals surface area contributed by atoms with Crippen molar-refractivity contribution in [1.29, 1.82) is 0 Å². The van der Waals surface area contributed by atoms with Crippen molar-refractivity contribution in [3.8, 4) is 0 Å². The summed E-state index contributed by atoms with van der Waals surface area (Å²) in [5.41, 5.74) is 6.67. The van der Waals surface area contributed by atoms with Crippen LogP contribution in [0.4, 0.5) is 5.69 Å². The molecule has 4 nitrogen and oxygen atoms in total. The molecule has 1 aliphatic rings. The lowest BCUT2D eigenvalue weighted by molar-refractivity contribution is 0.347. The van der Waals surface area contributed by atoms with Gasteiger partial charge in [0.25, 0.3) is 0 Å². The molecule has 6 heteroatoms. The van der Waals surface area contributed by atoms with E-state index < -0.39 is 10.0 Å². The van der Waals surface area contributed by atoms with Crippen LogP contribution in [0.15, 0.2) is 29.7 Å². The fourth-order valence-corrected chi connectivity index (χ4v) is 4.95. The number of nitrogens with two attached hydrogens (primary N) is 1. The number of nitrogens with zero attached hydrogens (tertiary/aromatic N) is 1. The number of anilines is 1. The predicted molar refractivity (Wildman–Crippen MR) is 86.9 cm³/mol. The number of nitrogen functional groups attached to an aromatic ring is 1. The lowest BCUT2D eigenvalue weighted by atomic mass is 10.2. The van der Waals surface area contributed by atoms with Crippen molar-refractivity contribution in [1.82, 2.24) is 4.31 Å². The summed E-state index contributed by atoms with van der Waals surface area (Å²) in [7, 11) is -3.59. The first-order valence-corrected chi connectivity index (χ1v) is 8.88. The lowest BCUT2D eigenvalue weighted by Crippen LogP contribution is -2.39. The number of benzene rings is 1. The first-order valence-electron chi connectivity index (χ1n) is 7.06. The van der Waals surface area contributed by atoms with E-state index in [9.17, 15) is 8.42 Å². The van der Waals surface area contributed by atoms with Crippen LogP contribution in [0.3, 0.4) is 0 Å². The first kappa shape index (κ1) is 16.3. The summed E-state index contributed by atoms with van der Waals surface area (Å²) in [6.45, 7) is 5.73. The van der Waals surface area contributed by atoms with E-state index in [4.69, 9.17) is 17.3 Å². The molecule has 0 aliphatic heterocycles. The van der Waals surface area contributed by atoms with Crippen LogP contribution < -0.4 is 5.73 Å². The second kappa shape index (κ2) is 6.38. The molecule has 0 saturated heterocycles. The monoisotopic (exact) mass is 328 g/mol. The van der Waals surface area contributed by atoms with Crippen LogP contribution in [0.25, 0.3) is 0 Å². The van der Waals surface area contributed by atoms with Crippen LogP contribution in [0.5, 0.6) is 0 Å². The van der Waals surface area contributed by atoms with Crippen LogP contribution in [0.1, 0.15) is 31.2 Å². The van der Waals surface area contributed by atoms with Gasteiger partial charge in [0.2, 0.25) is 10.0 Å². The number of hydrogen-bond acceptors (Lipinski definition) is 3. The van der Waals surface area contributed by atoms with Crippen LogP contribution in [0, 0.1) is 6.92 Å². The normalized spacial score (nSPS) is 16.5. The molecule has 116 valence electrons. The van der Waals surface area contributed by atoms with Gasteiger partial charge in [-0.15, -0.1) is 6.58 Å². The number of sulfonamides is 1. The highest BCUT2D eigenvalue weighted by molar-refractivity contribution is 7.89. The minimum atomic E-state index is -3.59. The molecule has 1 aromatic rings. The Bertz CT molecular complexity index is 637. The van der Waals surface area contributed by atoms with E-state index in [2.05, 4.69) is 6.58 Å². The summed E-state index contributed by atoms with van der Waals surface area (Å²) >= 11 is 5.95. The maximum absolute atomic E-state index is 13.0. The highest BCUT2D eigenvalue weighted by atomic mass is 35.5. The molecule has 0 amide bonds.